The highest BCUT2D eigenvalue weighted by molar-refractivity contribution is 5.66. The Hall–Kier alpha value is -2.72. The molecule has 116 valence electrons. The molecule has 0 unspecified atom stereocenters. The maximum Gasteiger partial charge on any atom is 0.303 e. The first kappa shape index (κ1) is 19.3. The van der Waals surface area contributed by atoms with Crippen LogP contribution >= 0.6 is 0 Å². The van der Waals surface area contributed by atoms with Crippen LogP contribution < -0.4 is 0 Å². The van der Waals surface area contributed by atoms with Crippen LogP contribution in [0, 0.1) is 23.7 Å². The number of hydrogen-bond donors (Lipinski definition) is 0. The van der Waals surface area contributed by atoms with Crippen LogP contribution in [0.4, 0.5) is 0 Å². The van der Waals surface area contributed by atoms with Crippen molar-refractivity contribution < 1.29 is 19.1 Å². The highest BCUT2D eigenvalue weighted by Gasteiger charge is 2.08. The normalized spacial score (nSPS) is 11.6. The molecule has 0 aliphatic heterocycles. The maximum atomic E-state index is 11.0. The van der Waals surface area contributed by atoms with E-state index in [9.17, 15) is 9.59 Å². The van der Waals surface area contributed by atoms with Gasteiger partial charge in [0.2, 0.25) is 0 Å². The topological polar surface area (TPSA) is 52.6 Å². The zero-order chi connectivity index (χ0) is 16.6. The minimum atomic E-state index is -0.441. The van der Waals surface area contributed by atoms with Gasteiger partial charge >= 0.3 is 11.9 Å². The van der Waals surface area contributed by atoms with Gasteiger partial charge in [-0.15, -0.1) is 0 Å². The molecule has 0 aliphatic carbocycles. The van der Waals surface area contributed by atoms with Crippen molar-refractivity contribution in [3.63, 3.8) is 0 Å². The van der Waals surface area contributed by atoms with Crippen molar-refractivity contribution in [1.82, 2.24) is 0 Å². The van der Waals surface area contributed by atoms with Gasteiger partial charge in [-0.05, 0) is 37.0 Å². The van der Waals surface area contributed by atoms with E-state index in [2.05, 4.69) is 23.7 Å². The second kappa shape index (κ2) is 13.3. The molecule has 0 spiro atoms. The summed E-state index contributed by atoms with van der Waals surface area (Å²) >= 11 is 0. The molecule has 0 fully saturated rings. The largest absolute Gasteiger partial charge is 0.466 e. The molecule has 0 aromatic rings. The zero-order valence-corrected chi connectivity index (χ0v) is 13.1. The number of carbonyl (C=O) groups is 2. The third kappa shape index (κ3) is 13.7. The molecule has 22 heavy (non-hydrogen) atoms. The fourth-order valence-electron chi connectivity index (χ4n) is 1.26. The number of ether oxygens (including phenoxy) is 2. The average molecular weight is 300 g/mol. The van der Waals surface area contributed by atoms with Gasteiger partial charge in [-0.2, -0.15) is 0 Å². The second-order valence-electron chi connectivity index (χ2n) is 4.06. The monoisotopic (exact) mass is 300 g/mol. The lowest BCUT2D eigenvalue weighted by atomic mass is 10.2. The Morgan fingerprint density at radius 1 is 1.05 bits per heavy atom. The van der Waals surface area contributed by atoms with Gasteiger partial charge in [-0.3, -0.25) is 9.59 Å². The molecular weight excluding hydrogens is 280 g/mol. The van der Waals surface area contributed by atoms with Crippen LogP contribution in [-0.4, -0.2) is 24.6 Å². The summed E-state index contributed by atoms with van der Waals surface area (Å²) in [7, 11) is 0. The Morgan fingerprint density at radius 2 is 1.73 bits per heavy atom. The molecule has 4 nitrogen and oxygen atoms in total. The van der Waals surface area contributed by atoms with E-state index in [4.69, 9.17) is 9.47 Å². The van der Waals surface area contributed by atoms with Gasteiger partial charge in [-0.25, -0.2) is 0 Å². The Morgan fingerprint density at radius 3 is 2.32 bits per heavy atom. The van der Waals surface area contributed by atoms with Gasteiger partial charge < -0.3 is 9.47 Å². The summed E-state index contributed by atoms with van der Waals surface area (Å²) in [6.45, 7) is 4.74. The number of allylic oxidation sites excluding steroid dienone is 5. The van der Waals surface area contributed by atoms with Crippen molar-refractivity contribution in [2.75, 3.05) is 6.61 Å². The zero-order valence-electron chi connectivity index (χ0n) is 13.1. The molecule has 4 heteroatoms. The summed E-state index contributed by atoms with van der Waals surface area (Å²) in [6, 6.07) is 0. The summed E-state index contributed by atoms with van der Waals surface area (Å²) in [4.78, 5) is 21.7. The van der Waals surface area contributed by atoms with E-state index in [0.717, 1.165) is 0 Å². The van der Waals surface area contributed by atoms with E-state index in [-0.39, 0.29) is 18.5 Å². The van der Waals surface area contributed by atoms with Crippen LogP contribution in [-0.2, 0) is 19.1 Å². The van der Waals surface area contributed by atoms with Crippen LogP contribution in [0.3, 0.4) is 0 Å². The first-order valence-corrected chi connectivity index (χ1v) is 6.82. The van der Waals surface area contributed by atoms with Crippen LogP contribution in [0.1, 0.15) is 27.2 Å². The SMILES string of the molecule is C/C=C/C#CC#C/C=C/C=C/[C@@H](CCOC(C)=O)OC(C)=O. The predicted octanol–water partition coefficient (Wildman–Crippen LogP) is 2.57. The summed E-state index contributed by atoms with van der Waals surface area (Å²) in [6.07, 6.45) is 10.3. The van der Waals surface area contributed by atoms with E-state index >= 15 is 0 Å². The van der Waals surface area contributed by atoms with E-state index in [1.165, 1.54) is 13.8 Å². The Bertz CT molecular complexity index is 559. The number of rotatable bonds is 6. The Labute approximate surface area is 131 Å². The molecule has 0 saturated carbocycles. The molecular formula is C18H20O4. The van der Waals surface area contributed by atoms with Crippen molar-refractivity contribution >= 4 is 11.9 Å². The van der Waals surface area contributed by atoms with E-state index in [0.29, 0.717) is 6.42 Å². The lowest BCUT2D eigenvalue weighted by molar-refractivity contribution is -0.146. The van der Waals surface area contributed by atoms with Crippen LogP contribution in [0.15, 0.2) is 36.5 Å². The first-order valence-electron chi connectivity index (χ1n) is 6.82. The number of carbonyl (C=O) groups excluding carboxylic acids is 2. The van der Waals surface area contributed by atoms with Crippen molar-refractivity contribution in [2.24, 2.45) is 0 Å². The summed E-state index contributed by atoms with van der Waals surface area (Å²) < 4.78 is 9.91. The number of hydrogen-bond acceptors (Lipinski definition) is 4. The van der Waals surface area contributed by atoms with Crippen molar-refractivity contribution in [3.05, 3.63) is 36.5 Å². The maximum absolute atomic E-state index is 11.0. The van der Waals surface area contributed by atoms with Crippen molar-refractivity contribution in [1.29, 1.82) is 0 Å². The molecule has 0 radical (unpaired) electrons. The molecule has 0 aromatic carbocycles. The van der Waals surface area contributed by atoms with Crippen molar-refractivity contribution in [3.8, 4) is 23.7 Å². The molecule has 0 N–H and O–H groups in total. The van der Waals surface area contributed by atoms with Crippen LogP contribution in [0.25, 0.3) is 0 Å². The first-order chi connectivity index (χ1) is 10.6. The number of esters is 2. The summed E-state index contributed by atoms with van der Waals surface area (Å²) in [5.41, 5.74) is 0. The lowest BCUT2D eigenvalue weighted by Gasteiger charge is -2.12. The molecule has 0 amide bonds. The van der Waals surface area contributed by atoms with Gasteiger partial charge in [0.05, 0.1) is 6.61 Å². The predicted molar refractivity (Wildman–Crippen MR) is 85.5 cm³/mol. The second-order valence-corrected chi connectivity index (χ2v) is 4.06. The van der Waals surface area contributed by atoms with E-state index < -0.39 is 6.10 Å². The highest BCUT2D eigenvalue weighted by atomic mass is 16.6. The van der Waals surface area contributed by atoms with Gasteiger partial charge in [-0.1, -0.05) is 30.1 Å². The van der Waals surface area contributed by atoms with Gasteiger partial charge in [0, 0.05) is 20.3 Å². The standard InChI is InChI=1S/C18H20O4/c1-4-5-6-7-8-9-10-11-12-13-18(22-17(3)20)14-15-21-16(2)19/h4-5,10-13,18H,14-15H2,1-3H3/b5-4+,11-10+,13-12+/t18-/m0/s1. The van der Waals surface area contributed by atoms with Gasteiger partial charge in [0.15, 0.2) is 0 Å². The van der Waals surface area contributed by atoms with Gasteiger partial charge in [0.25, 0.3) is 0 Å². The fourth-order valence-corrected chi connectivity index (χ4v) is 1.26. The minimum Gasteiger partial charge on any atom is -0.466 e. The molecule has 0 rings (SSSR count). The molecule has 0 aromatic heterocycles. The quantitative estimate of drug-likeness (QED) is 0.430. The third-order valence-electron chi connectivity index (χ3n) is 2.10. The van der Waals surface area contributed by atoms with E-state index in [1.807, 2.05) is 13.0 Å². The van der Waals surface area contributed by atoms with E-state index in [1.54, 1.807) is 30.4 Å². The minimum absolute atomic E-state index is 0.196. The van der Waals surface area contributed by atoms with Crippen LogP contribution in [0.5, 0.6) is 0 Å². The fraction of sp³-hybridized carbons (Fsp3) is 0.333. The summed E-state index contributed by atoms with van der Waals surface area (Å²) in [5, 5.41) is 0. The molecule has 0 saturated heterocycles. The highest BCUT2D eigenvalue weighted by Crippen LogP contribution is 2.02. The third-order valence-corrected chi connectivity index (χ3v) is 2.10. The summed E-state index contributed by atoms with van der Waals surface area (Å²) in [5.74, 6) is 10.1. The Kier molecular flexibility index (Phi) is 11.6. The average Bonchev–Trinajstić information content (AvgIpc) is 2.44. The van der Waals surface area contributed by atoms with Crippen molar-refractivity contribution in [2.45, 2.75) is 33.3 Å². The van der Waals surface area contributed by atoms with Gasteiger partial charge in [0.1, 0.15) is 6.10 Å². The smallest absolute Gasteiger partial charge is 0.303 e. The molecule has 0 heterocycles. The van der Waals surface area contributed by atoms with Crippen LogP contribution in [0.2, 0.25) is 0 Å². The molecule has 1 atom stereocenters. The Balaban J connectivity index is 4.36. The molecule has 0 aliphatic rings. The molecule has 0 bridgehead atoms. The lowest BCUT2D eigenvalue weighted by Crippen LogP contribution is -2.17.